The molecule has 0 aromatic heterocycles. The molecular formula is C28H35NO5. The van der Waals surface area contributed by atoms with Crippen molar-refractivity contribution < 1.29 is 24.1 Å². The highest BCUT2D eigenvalue weighted by molar-refractivity contribution is 5.63. The Morgan fingerprint density at radius 2 is 1.91 bits per heavy atom. The topological polar surface area (TPSA) is 60.4 Å². The van der Waals surface area contributed by atoms with Crippen LogP contribution < -0.4 is 18.9 Å². The van der Waals surface area contributed by atoms with E-state index in [9.17, 15) is 5.11 Å². The summed E-state index contributed by atoms with van der Waals surface area (Å²) in [6.45, 7) is 9.13. The second-order valence-corrected chi connectivity index (χ2v) is 9.52. The minimum Gasteiger partial charge on any atom is -0.496 e. The first kappa shape index (κ1) is 24.3. The van der Waals surface area contributed by atoms with Crippen LogP contribution in [-0.4, -0.2) is 50.2 Å². The number of benzene rings is 2. The van der Waals surface area contributed by atoms with Crippen LogP contribution in [0.5, 0.6) is 23.0 Å². The van der Waals surface area contributed by atoms with Gasteiger partial charge in [-0.25, -0.2) is 0 Å². The Balaban J connectivity index is 1.61. The van der Waals surface area contributed by atoms with Crippen molar-refractivity contribution in [2.45, 2.75) is 58.6 Å². The molecule has 182 valence electrons. The largest absolute Gasteiger partial charge is 0.496 e. The molecule has 2 heterocycles. The zero-order valence-electron chi connectivity index (χ0n) is 21.3. The van der Waals surface area contributed by atoms with Gasteiger partial charge in [0.15, 0.2) is 11.5 Å². The lowest BCUT2D eigenvalue weighted by molar-refractivity contribution is 0.112. The van der Waals surface area contributed by atoms with Crippen LogP contribution in [0.15, 0.2) is 12.1 Å². The Hall–Kier alpha value is -2.88. The normalized spacial score (nSPS) is 18.5. The number of aryl methyl sites for hydroxylation is 1. The first-order valence-corrected chi connectivity index (χ1v) is 11.7. The molecule has 6 heteroatoms. The van der Waals surface area contributed by atoms with Gasteiger partial charge < -0.3 is 24.1 Å². The van der Waals surface area contributed by atoms with E-state index in [-0.39, 0.29) is 12.8 Å². The van der Waals surface area contributed by atoms with Gasteiger partial charge in [0.2, 0.25) is 12.5 Å². The van der Waals surface area contributed by atoms with Crippen molar-refractivity contribution in [3.63, 3.8) is 0 Å². The SMILES string of the molecule is COc1cc(C)c(CC[C@@](C)(O)C#C[C@H]2c3c(cc4c(c3OC)OCO4)CCN2C)c(C)c1C. The van der Waals surface area contributed by atoms with Crippen LogP contribution in [-0.2, 0) is 12.8 Å². The summed E-state index contributed by atoms with van der Waals surface area (Å²) in [7, 11) is 5.40. The summed E-state index contributed by atoms with van der Waals surface area (Å²) in [5, 5.41) is 11.2. The van der Waals surface area contributed by atoms with Crippen LogP contribution in [0.2, 0.25) is 0 Å². The molecule has 0 fully saturated rings. The van der Waals surface area contributed by atoms with E-state index in [0.29, 0.717) is 17.9 Å². The minimum absolute atomic E-state index is 0.194. The lowest BCUT2D eigenvalue weighted by Gasteiger charge is -2.33. The summed E-state index contributed by atoms with van der Waals surface area (Å²) >= 11 is 0. The molecule has 0 saturated carbocycles. The van der Waals surface area contributed by atoms with Gasteiger partial charge in [-0.3, -0.25) is 4.90 Å². The lowest BCUT2D eigenvalue weighted by Crippen LogP contribution is -2.32. The van der Waals surface area contributed by atoms with Gasteiger partial charge in [0.25, 0.3) is 0 Å². The number of hydrogen-bond acceptors (Lipinski definition) is 6. The van der Waals surface area contributed by atoms with E-state index in [0.717, 1.165) is 47.6 Å². The molecule has 4 rings (SSSR count). The Bertz CT molecular complexity index is 1160. The molecule has 0 radical (unpaired) electrons. The zero-order valence-corrected chi connectivity index (χ0v) is 21.3. The van der Waals surface area contributed by atoms with Crippen molar-refractivity contribution >= 4 is 0 Å². The molecule has 0 aliphatic carbocycles. The van der Waals surface area contributed by atoms with Crippen LogP contribution >= 0.6 is 0 Å². The van der Waals surface area contributed by atoms with Crippen LogP contribution in [0.4, 0.5) is 0 Å². The zero-order chi connectivity index (χ0) is 24.6. The van der Waals surface area contributed by atoms with Gasteiger partial charge in [-0.2, -0.15) is 0 Å². The number of aliphatic hydroxyl groups is 1. The molecule has 1 N–H and O–H groups in total. The molecule has 6 nitrogen and oxygen atoms in total. The molecule has 0 bridgehead atoms. The van der Waals surface area contributed by atoms with Crippen molar-refractivity contribution in [2.75, 3.05) is 34.6 Å². The molecule has 2 aliphatic rings. The van der Waals surface area contributed by atoms with Gasteiger partial charge in [0.05, 0.1) is 14.2 Å². The maximum Gasteiger partial charge on any atom is 0.231 e. The molecule has 0 amide bonds. The molecular weight excluding hydrogens is 430 g/mol. The van der Waals surface area contributed by atoms with Crippen LogP contribution in [0.25, 0.3) is 0 Å². The Morgan fingerprint density at radius 1 is 1.15 bits per heavy atom. The fourth-order valence-corrected chi connectivity index (χ4v) is 4.97. The van der Waals surface area contributed by atoms with E-state index in [1.807, 2.05) is 13.1 Å². The third-order valence-electron chi connectivity index (χ3n) is 7.16. The summed E-state index contributed by atoms with van der Waals surface area (Å²) in [4.78, 5) is 2.19. The average Bonchev–Trinajstić information content (AvgIpc) is 3.27. The van der Waals surface area contributed by atoms with E-state index < -0.39 is 5.60 Å². The predicted octanol–water partition coefficient (Wildman–Crippen LogP) is 4.27. The van der Waals surface area contributed by atoms with E-state index >= 15 is 0 Å². The summed E-state index contributed by atoms with van der Waals surface area (Å²) in [6.07, 6.45) is 2.15. The highest BCUT2D eigenvalue weighted by Gasteiger charge is 2.33. The highest BCUT2D eigenvalue weighted by Crippen LogP contribution is 2.49. The van der Waals surface area contributed by atoms with Crippen LogP contribution in [0.3, 0.4) is 0 Å². The van der Waals surface area contributed by atoms with E-state index in [2.05, 4.69) is 43.6 Å². The average molecular weight is 466 g/mol. The Morgan fingerprint density at radius 3 is 2.62 bits per heavy atom. The second-order valence-electron chi connectivity index (χ2n) is 9.52. The van der Waals surface area contributed by atoms with Gasteiger partial charge in [0.1, 0.15) is 17.4 Å². The summed E-state index contributed by atoms with van der Waals surface area (Å²) < 4.78 is 22.5. The Kier molecular flexibility index (Phi) is 6.71. The van der Waals surface area contributed by atoms with Crippen molar-refractivity contribution in [3.05, 3.63) is 45.5 Å². The van der Waals surface area contributed by atoms with Crippen LogP contribution in [0, 0.1) is 32.6 Å². The maximum atomic E-state index is 11.2. The van der Waals surface area contributed by atoms with Gasteiger partial charge in [-0.15, -0.1) is 0 Å². The highest BCUT2D eigenvalue weighted by atomic mass is 16.7. The van der Waals surface area contributed by atoms with Crippen LogP contribution in [0.1, 0.15) is 52.8 Å². The molecule has 2 aromatic rings. The predicted molar refractivity (Wildman–Crippen MR) is 132 cm³/mol. The monoisotopic (exact) mass is 465 g/mol. The van der Waals surface area contributed by atoms with Gasteiger partial charge in [0, 0.05) is 12.1 Å². The summed E-state index contributed by atoms with van der Waals surface area (Å²) in [6, 6.07) is 3.91. The van der Waals surface area contributed by atoms with E-state index in [1.54, 1.807) is 21.1 Å². The molecule has 2 aromatic carbocycles. The third kappa shape index (κ3) is 4.43. The number of nitrogens with zero attached hydrogens (tertiary/aromatic N) is 1. The fourth-order valence-electron chi connectivity index (χ4n) is 4.97. The lowest BCUT2D eigenvalue weighted by atomic mass is 9.88. The number of fused-ring (bicyclic) bond motifs is 2. The number of methoxy groups -OCH3 is 2. The van der Waals surface area contributed by atoms with E-state index in [4.69, 9.17) is 18.9 Å². The Labute approximate surface area is 202 Å². The van der Waals surface area contributed by atoms with Crippen molar-refractivity contribution in [1.29, 1.82) is 0 Å². The first-order valence-electron chi connectivity index (χ1n) is 11.7. The first-order chi connectivity index (χ1) is 16.2. The third-order valence-corrected chi connectivity index (χ3v) is 7.16. The maximum absolute atomic E-state index is 11.2. The standard InChI is InChI=1S/C28H35NO5/c1-17-14-23(31-6)19(3)18(2)21(17)8-11-28(4,30)12-9-22-25-20(10-13-29(22)5)15-24-26(27(25)32-7)34-16-33-24/h14-15,22,30H,8,10-11,13,16H2,1-7H3/t22-,28+/m0/s1. The summed E-state index contributed by atoms with van der Waals surface area (Å²) in [5.41, 5.74) is 5.79. The van der Waals surface area contributed by atoms with E-state index in [1.165, 1.54) is 16.7 Å². The van der Waals surface area contributed by atoms with Crippen molar-refractivity contribution in [2.24, 2.45) is 0 Å². The second kappa shape index (κ2) is 9.40. The van der Waals surface area contributed by atoms with Gasteiger partial charge in [-0.1, -0.05) is 11.8 Å². The number of hydrogen-bond donors (Lipinski definition) is 1. The minimum atomic E-state index is -1.13. The molecule has 2 atom stereocenters. The molecule has 0 spiro atoms. The summed E-state index contributed by atoms with van der Waals surface area (Å²) in [5.74, 6) is 9.47. The van der Waals surface area contributed by atoms with Crippen molar-refractivity contribution in [1.82, 2.24) is 4.90 Å². The molecule has 0 saturated heterocycles. The molecule has 2 aliphatic heterocycles. The number of rotatable bonds is 5. The van der Waals surface area contributed by atoms with Gasteiger partial charge in [-0.05, 0) is 94.0 Å². The van der Waals surface area contributed by atoms with Gasteiger partial charge >= 0.3 is 0 Å². The quantitative estimate of drug-likeness (QED) is 0.666. The fraction of sp³-hybridized carbons (Fsp3) is 0.500. The molecule has 0 unspecified atom stereocenters. The number of ether oxygens (including phenoxy) is 4. The van der Waals surface area contributed by atoms with Crippen molar-refractivity contribution in [3.8, 4) is 34.8 Å². The molecule has 34 heavy (non-hydrogen) atoms. The smallest absolute Gasteiger partial charge is 0.231 e. The number of likely N-dealkylation sites (N-methyl/N-ethyl adjacent to an activating group) is 1.